The number of likely N-dealkylation sites (tertiary alicyclic amines) is 1. The normalized spacial score (nSPS) is 15.8. The number of benzene rings is 2. The molecule has 0 bridgehead atoms. The largest absolute Gasteiger partial charge is 0.459 e. The number of carbonyl (C=O) groups excluding carboxylic acids is 1. The zero-order valence-electron chi connectivity index (χ0n) is 19.9. The monoisotopic (exact) mass is 487 g/mol. The number of pyridine rings is 1. The number of halogens is 1. The molecule has 1 aliphatic rings. The number of piperidine rings is 1. The molecule has 0 radical (unpaired) electrons. The molecular weight excluding hydrogens is 458 g/mol. The summed E-state index contributed by atoms with van der Waals surface area (Å²) >= 11 is 6.51. The highest BCUT2D eigenvalue weighted by atomic mass is 35.5. The second-order valence-electron chi connectivity index (χ2n) is 9.40. The van der Waals surface area contributed by atoms with Crippen molar-refractivity contribution in [3.63, 3.8) is 0 Å². The number of rotatable bonds is 7. The number of furan rings is 1. The molecule has 1 fully saturated rings. The lowest BCUT2D eigenvalue weighted by molar-refractivity contribution is 0.0556. The van der Waals surface area contributed by atoms with Crippen molar-refractivity contribution in [3.05, 3.63) is 101 Å². The smallest absolute Gasteiger partial charge is 0.289 e. The van der Waals surface area contributed by atoms with Gasteiger partial charge in [0.25, 0.3) is 5.91 Å². The lowest BCUT2D eigenvalue weighted by Gasteiger charge is -2.40. The van der Waals surface area contributed by atoms with Crippen LogP contribution in [-0.4, -0.2) is 46.9 Å². The van der Waals surface area contributed by atoms with Crippen LogP contribution in [0.5, 0.6) is 0 Å². The Bertz CT molecular complexity index is 1280. The lowest BCUT2D eigenvalue weighted by atomic mass is 9.84. The van der Waals surface area contributed by atoms with E-state index in [1.165, 1.54) is 10.9 Å². The molecule has 0 spiro atoms. The number of nitrogens with zero attached hydrogens (tertiary/aromatic N) is 3. The second-order valence-corrected chi connectivity index (χ2v) is 9.81. The molecule has 35 heavy (non-hydrogen) atoms. The summed E-state index contributed by atoms with van der Waals surface area (Å²) in [6, 6.07) is 22.1. The van der Waals surface area contributed by atoms with Crippen LogP contribution >= 0.6 is 11.6 Å². The van der Waals surface area contributed by atoms with Crippen LogP contribution < -0.4 is 0 Å². The molecule has 4 aromatic rings. The standard InChI is InChI=1S/C29H30ClN3O2/c1-32(29(34)28-9-5-17-35-28)27(19-23-6-2-3-8-25(23)30)22-12-15-33(16-13-22)20-21-10-11-26-24(18-21)7-4-14-31-26/h2-11,14,17-18,22,27H,12-13,15-16,19-20H2,1H3. The van der Waals surface area contributed by atoms with E-state index in [1.807, 2.05) is 42.4 Å². The van der Waals surface area contributed by atoms with Crippen LogP contribution in [-0.2, 0) is 13.0 Å². The summed E-state index contributed by atoms with van der Waals surface area (Å²) in [7, 11) is 1.89. The first-order chi connectivity index (χ1) is 17.1. The second kappa shape index (κ2) is 10.6. The molecule has 1 aliphatic heterocycles. The fourth-order valence-electron chi connectivity index (χ4n) is 5.21. The van der Waals surface area contributed by atoms with Crippen molar-refractivity contribution in [2.45, 2.75) is 31.8 Å². The van der Waals surface area contributed by atoms with Gasteiger partial charge in [-0.2, -0.15) is 0 Å². The predicted molar refractivity (Wildman–Crippen MR) is 139 cm³/mol. The molecule has 6 heteroatoms. The summed E-state index contributed by atoms with van der Waals surface area (Å²) in [4.78, 5) is 22.0. The third-order valence-electron chi connectivity index (χ3n) is 7.19. The molecule has 0 aliphatic carbocycles. The Balaban J connectivity index is 1.29. The van der Waals surface area contributed by atoms with Gasteiger partial charge in [-0.15, -0.1) is 0 Å². The van der Waals surface area contributed by atoms with Gasteiger partial charge in [0.15, 0.2) is 5.76 Å². The van der Waals surface area contributed by atoms with Crippen LogP contribution in [0.4, 0.5) is 0 Å². The molecule has 1 atom stereocenters. The highest BCUT2D eigenvalue weighted by molar-refractivity contribution is 6.31. The van der Waals surface area contributed by atoms with Crippen molar-refractivity contribution in [1.82, 2.24) is 14.8 Å². The zero-order valence-corrected chi connectivity index (χ0v) is 20.7. The van der Waals surface area contributed by atoms with E-state index >= 15 is 0 Å². The van der Waals surface area contributed by atoms with Gasteiger partial charge in [-0.05, 0) is 85.8 Å². The van der Waals surface area contributed by atoms with Gasteiger partial charge in [-0.3, -0.25) is 14.7 Å². The Morgan fingerprint density at radius 3 is 2.71 bits per heavy atom. The maximum atomic E-state index is 13.2. The summed E-state index contributed by atoms with van der Waals surface area (Å²) in [6.45, 7) is 2.92. The lowest BCUT2D eigenvalue weighted by Crippen LogP contribution is -2.47. The van der Waals surface area contributed by atoms with Crippen LogP contribution in [0.15, 0.2) is 83.6 Å². The van der Waals surface area contributed by atoms with Gasteiger partial charge in [-0.1, -0.05) is 41.9 Å². The molecule has 2 aromatic heterocycles. The third kappa shape index (κ3) is 5.42. The molecule has 0 N–H and O–H groups in total. The van der Waals surface area contributed by atoms with Crippen LogP contribution in [0.25, 0.3) is 10.9 Å². The van der Waals surface area contributed by atoms with E-state index in [2.05, 4.69) is 40.2 Å². The van der Waals surface area contributed by atoms with Crippen LogP contribution in [0.3, 0.4) is 0 Å². The summed E-state index contributed by atoms with van der Waals surface area (Å²) in [5.41, 5.74) is 3.41. The van der Waals surface area contributed by atoms with Crippen molar-refractivity contribution < 1.29 is 9.21 Å². The maximum absolute atomic E-state index is 13.2. The number of amides is 1. The molecule has 3 heterocycles. The van der Waals surface area contributed by atoms with Gasteiger partial charge in [0.2, 0.25) is 0 Å². The van der Waals surface area contributed by atoms with Crippen molar-refractivity contribution >= 4 is 28.4 Å². The maximum Gasteiger partial charge on any atom is 0.289 e. The van der Waals surface area contributed by atoms with E-state index in [-0.39, 0.29) is 11.9 Å². The van der Waals surface area contributed by atoms with Gasteiger partial charge < -0.3 is 9.32 Å². The van der Waals surface area contributed by atoms with E-state index in [9.17, 15) is 4.79 Å². The average Bonchev–Trinajstić information content (AvgIpc) is 3.43. The number of aromatic nitrogens is 1. The summed E-state index contributed by atoms with van der Waals surface area (Å²) in [6.07, 6.45) is 6.16. The molecule has 2 aromatic carbocycles. The summed E-state index contributed by atoms with van der Waals surface area (Å²) < 4.78 is 5.41. The van der Waals surface area contributed by atoms with Crippen LogP contribution in [0.1, 0.15) is 34.5 Å². The first-order valence-electron chi connectivity index (χ1n) is 12.2. The third-order valence-corrected chi connectivity index (χ3v) is 7.56. The van der Waals surface area contributed by atoms with E-state index in [0.717, 1.165) is 55.0 Å². The molecular formula is C29H30ClN3O2. The first-order valence-corrected chi connectivity index (χ1v) is 12.6. The van der Waals surface area contributed by atoms with E-state index in [0.29, 0.717) is 11.7 Å². The number of hydrogen-bond acceptors (Lipinski definition) is 4. The molecule has 5 nitrogen and oxygen atoms in total. The Labute approximate surface area is 211 Å². The van der Waals surface area contributed by atoms with Gasteiger partial charge in [0.1, 0.15) is 0 Å². The molecule has 1 unspecified atom stereocenters. The van der Waals surface area contributed by atoms with Gasteiger partial charge >= 0.3 is 0 Å². The molecule has 1 amide bonds. The molecule has 5 rings (SSSR count). The minimum Gasteiger partial charge on any atom is -0.459 e. The number of carbonyl (C=O) groups is 1. The molecule has 0 saturated carbocycles. The summed E-state index contributed by atoms with van der Waals surface area (Å²) in [5, 5.41) is 1.93. The number of fused-ring (bicyclic) bond motifs is 1. The Kier molecular flexibility index (Phi) is 7.16. The van der Waals surface area contributed by atoms with Crippen molar-refractivity contribution in [2.75, 3.05) is 20.1 Å². The van der Waals surface area contributed by atoms with E-state index in [1.54, 1.807) is 18.4 Å². The van der Waals surface area contributed by atoms with E-state index < -0.39 is 0 Å². The Hall–Kier alpha value is -3.15. The Morgan fingerprint density at radius 1 is 1.11 bits per heavy atom. The van der Waals surface area contributed by atoms with Crippen LogP contribution in [0, 0.1) is 5.92 Å². The van der Waals surface area contributed by atoms with Crippen LogP contribution in [0.2, 0.25) is 5.02 Å². The van der Waals surface area contributed by atoms with Crippen molar-refractivity contribution in [2.24, 2.45) is 5.92 Å². The Morgan fingerprint density at radius 2 is 1.94 bits per heavy atom. The molecule has 180 valence electrons. The quantitative estimate of drug-likeness (QED) is 0.317. The SMILES string of the molecule is CN(C(=O)c1ccco1)C(Cc1ccccc1Cl)C1CCN(Cc2ccc3ncccc3c2)CC1. The van der Waals surface area contributed by atoms with Crippen molar-refractivity contribution in [3.8, 4) is 0 Å². The fraction of sp³-hybridized carbons (Fsp3) is 0.310. The van der Waals surface area contributed by atoms with Crippen molar-refractivity contribution in [1.29, 1.82) is 0 Å². The first kappa shape index (κ1) is 23.6. The summed E-state index contributed by atoms with van der Waals surface area (Å²) in [5.74, 6) is 0.673. The van der Waals surface area contributed by atoms with Gasteiger partial charge in [-0.25, -0.2) is 0 Å². The fourth-order valence-corrected chi connectivity index (χ4v) is 5.42. The highest BCUT2D eigenvalue weighted by Crippen LogP contribution is 2.30. The topological polar surface area (TPSA) is 49.6 Å². The minimum atomic E-state index is -0.0840. The minimum absolute atomic E-state index is 0.0430. The van der Waals surface area contributed by atoms with Gasteiger partial charge in [0, 0.05) is 36.2 Å². The zero-order chi connectivity index (χ0) is 24.2. The number of likely N-dealkylation sites (N-methyl/N-ethyl adjacent to an activating group) is 1. The van der Waals surface area contributed by atoms with Gasteiger partial charge in [0.05, 0.1) is 11.8 Å². The number of hydrogen-bond donors (Lipinski definition) is 0. The highest BCUT2D eigenvalue weighted by Gasteiger charge is 2.33. The molecule has 1 saturated heterocycles. The average molecular weight is 488 g/mol. The van der Waals surface area contributed by atoms with E-state index in [4.69, 9.17) is 16.0 Å². The predicted octanol–water partition coefficient (Wildman–Crippen LogP) is 6.08.